The standard InChI is InChI=1S/C21H24Cl2N4O3/c1-26(2)10-4-11-27(14-15-6-7-16(22)17(23)13-15)20(28)9-8-19-24-21(25-30-19)18-5-3-12-29-18/h3,5-7,12-13H,4,8-11,14H2,1-2H3. The normalized spacial score (nSPS) is 11.2. The summed E-state index contributed by atoms with van der Waals surface area (Å²) in [7, 11) is 4.02. The molecular formula is C21H24Cl2N4O3. The van der Waals surface area contributed by atoms with Gasteiger partial charge in [0.25, 0.3) is 0 Å². The SMILES string of the molecule is CN(C)CCCN(Cc1ccc(Cl)c(Cl)c1)C(=O)CCc1nc(-c2ccco2)no1. The van der Waals surface area contributed by atoms with E-state index in [4.69, 9.17) is 32.1 Å². The molecule has 0 spiro atoms. The first-order chi connectivity index (χ1) is 14.4. The monoisotopic (exact) mass is 450 g/mol. The van der Waals surface area contributed by atoms with E-state index >= 15 is 0 Å². The van der Waals surface area contributed by atoms with Crippen LogP contribution in [0.5, 0.6) is 0 Å². The Labute approximate surface area is 185 Å². The third-order valence-electron chi connectivity index (χ3n) is 4.51. The van der Waals surface area contributed by atoms with Crippen LogP contribution in [0.4, 0.5) is 0 Å². The van der Waals surface area contributed by atoms with Gasteiger partial charge in [-0.1, -0.05) is 34.4 Å². The number of hydrogen-bond donors (Lipinski definition) is 0. The van der Waals surface area contributed by atoms with Crippen molar-refractivity contribution < 1.29 is 13.7 Å². The third kappa shape index (κ3) is 6.32. The Balaban J connectivity index is 1.62. The van der Waals surface area contributed by atoms with Gasteiger partial charge in [0.15, 0.2) is 5.76 Å². The quantitative estimate of drug-likeness (QED) is 0.450. The van der Waals surface area contributed by atoms with Crippen LogP contribution in [0, 0.1) is 0 Å². The Hall–Kier alpha value is -2.35. The van der Waals surface area contributed by atoms with Gasteiger partial charge in [-0.05, 0) is 56.9 Å². The average molecular weight is 451 g/mol. The molecule has 0 N–H and O–H groups in total. The molecule has 0 unspecified atom stereocenters. The molecule has 2 heterocycles. The molecule has 1 amide bonds. The van der Waals surface area contributed by atoms with E-state index < -0.39 is 0 Å². The van der Waals surface area contributed by atoms with E-state index in [-0.39, 0.29) is 12.3 Å². The summed E-state index contributed by atoms with van der Waals surface area (Å²) in [5.41, 5.74) is 0.931. The molecule has 0 aliphatic carbocycles. The predicted octanol–water partition coefficient (Wildman–Crippen LogP) is 4.55. The zero-order chi connectivity index (χ0) is 21.5. The lowest BCUT2D eigenvalue weighted by molar-refractivity contribution is -0.132. The van der Waals surface area contributed by atoms with Gasteiger partial charge in [0.1, 0.15) is 0 Å². The van der Waals surface area contributed by atoms with Crippen molar-refractivity contribution in [2.45, 2.75) is 25.8 Å². The number of aromatic nitrogens is 2. The second kappa shape index (κ2) is 10.6. The van der Waals surface area contributed by atoms with Crippen LogP contribution < -0.4 is 0 Å². The largest absolute Gasteiger partial charge is 0.461 e. The summed E-state index contributed by atoms with van der Waals surface area (Å²) in [5, 5.41) is 4.87. The second-order valence-electron chi connectivity index (χ2n) is 7.21. The fourth-order valence-electron chi connectivity index (χ4n) is 2.96. The van der Waals surface area contributed by atoms with Crippen LogP contribution in [0.3, 0.4) is 0 Å². The van der Waals surface area contributed by atoms with Crippen molar-refractivity contribution in [2.24, 2.45) is 0 Å². The van der Waals surface area contributed by atoms with Crippen molar-refractivity contribution in [3.63, 3.8) is 0 Å². The molecule has 160 valence electrons. The van der Waals surface area contributed by atoms with Gasteiger partial charge in [0, 0.05) is 25.9 Å². The molecule has 0 aliphatic heterocycles. The predicted molar refractivity (Wildman–Crippen MR) is 115 cm³/mol. The molecule has 30 heavy (non-hydrogen) atoms. The van der Waals surface area contributed by atoms with Crippen LogP contribution >= 0.6 is 23.2 Å². The van der Waals surface area contributed by atoms with Crippen LogP contribution in [0.15, 0.2) is 45.5 Å². The Bertz CT molecular complexity index is 957. The van der Waals surface area contributed by atoms with Gasteiger partial charge in [-0.3, -0.25) is 4.79 Å². The highest BCUT2D eigenvalue weighted by Gasteiger charge is 2.17. The lowest BCUT2D eigenvalue weighted by Gasteiger charge is -2.24. The van der Waals surface area contributed by atoms with E-state index in [0.717, 1.165) is 18.5 Å². The lowest BCUT2D eigenvalue weighted by Crippen LogP contribution is -2.33. The zero-order valence-electron chi connectivity index (χ0n) is 17.0. The first-order valence-electron chi connectivity index (χ1n) is 9.65. The van der Waals surface area contributed by atoms with E-state index in [2.05, 4.69) is 15.0 Å². The number of furan rings is 1. The van der Waals surface area contributed by atoms with Gasteiger partial charge in [-0.25, -0.2) is 0 Å². The zero-order valence-corrected chi connectivity index (χ0v) is 18.5. The second-order valence-corrected chi connectivity index (χ2v) is 8.02. The number of aryl methyl sites for hydroxylation is 1. The minimum absolute atomic E-state index is 0.0116. The van der Waals surface area contributed by atoms with Crippen molar-refractivity contribution >= 4 is 29.1 Å². The third-order valence-corrected chi connectivity index (χ3v) is 5.24. The molecule has 9 heteroatoms. The van der Waals surface area contributed by atoms with Crippen LogP contribution in [0.25, 0.3) is 11.6 Å². The molecule has 3 rings (SSSR count). The summed E-state index contributed by atoms with van der Waals surface area (Å²) < 4.78 is 10.5. The van der Waals surface area contributed by atoms with Crippen LogP contribution in [0.2, 0.25) is 10.0 Å². The fourth-order valence-corrected chi connectivity index (χ4v) is 3.28. The average Bonchev–Trinajstić information content (AvgIpc) is 3.39. The smallest absolute Gasteiger partial charge is 0.238 e. The van der Waals surface area contributed by atoms with E-state index in [1.807, 2.05) is 25.1 Å². The van der Waals surface area contributed by atoms with Gasteiger partial charge in [0.05, 0.1) is 16.3 Å². The minimum atomic E-state index is 0.0116. The molecular weight excluding hydrogens is 427 g/mol. The number of halogens is 2. The van der Waals surface area contributed by atoms with Crippen molar-refractivity contribution in [3.8, 4) is 11.6 Å². The van der Waals surface area contributed by atoms with Gasteiger partial charge in [-0.15, -0.1) is 0 Å². The van der Waals surface area contributed by atoms with Crippen molar-refractivity contribution in [1.29, 1.82) is 0 Å². The fraction of sp³-hybridized carbons (Fsp3) is 0.381. The van der Waals surface area contributed by atoms with E-state index in [9.17, 15) is 4.79 Å². The molecule has 0 fully saturated rings. The van der Waals surface area contributed by atoms with Gasteiger partial charge < -0.3 is 18.7 Å². The highest BCUT2D eigenvalue weighted by Crippen LogP contribution is 2.23. The molecule has 3 aromatic rings. The van der Waals surface area contributed by atoms with Gasteiger partial charge >= 0.3 is 0 Å². The van der Waals surface area contributed by atoms with Gasteiger partial charge in [0.2, 0.25) is 17.6 Å². The molecule has 2 aromatic heterocycles. The first kappa shape index (κ1) is 22.3. The maximum Gasteiger partial charge on any atom is 0.238 e. The van der Waals surface area contributed by atoms with Crippen molar-refractivity contribution in [3.05, 3.63) is 58.1 Å². The topological polar surface area (TPSA) is 75.6 Å². The van der Waals surface area contributed by atoms with E-state index in [0.29, 0.717) is 47.0 Å². The highest BCUT2D eigenvalue weighted by atomic mass is 35.5. The van der Waals surface area contributed by atoms with Crippen LogP contribution in [0.1, 0.15) is 24.3 Å². The number of carbonyl (C=O) groups is 1. The molecule has 0 radical (unpaired) electrons. The molecule has 7 nitrogen and oxygen atoms in total. The Morgan fingerprint density at radius 3 is 2.67 bits per heavy atom. The highest BCUT2D eigenvalue weighted by molar-refractivity contribution is 6.42. The van der Waals surface area contributed by atoms with Crippen molar-refractivity contribution in [1.82, 2.24) is 19.9 Å². The Kier molecular flexibility index (Phi) is 7.90. The molecule has 0 saturated heterocycles. The number of hydrogen-bond acceptors (Lipinski definition) is 6. The molecule has 1 aromatic carbocycles. The summed E-state index contributed by atoms with van der Waals surface area (Å²) in [6.45, 7) is 1.99. The summed E-state index contributed by atoms with van der Waals surface area (Å²) in [4.78, 5) is 21.1. The maximum atomic E-state index is 12.9. The maximum absolute atomic E-state index is 12.9. The number of benzene rings is 1. The molecule has 0 bridgehead atoms. The molecule has 0 atom stereocenters. The number of nitrogens with zero attached hydrogens (tertiary/aromatic N) is 4. The molecule has 0 saturated carbocycles. The minimum Gasteiger partial charge on any atom is -0.461 e. The van der Waals surface area contributed by atoms with E-state index in [1.165, 1.54) is 0 Å². The van der Waals surface area contributed by atoms with Gasteiger partial charge in [-0.2, -0.15) is 4.98 Å². The summed E-state index contributed by atoms with van der Waals surface area (Å²) in [5.74, 6) is 1.32. The Morgan fingerprint density at radius 2 is 1.97 bits per heavy atom. The number of rotatable bonds is 10. The molecule has 0 aliphatic rings. The number of amides is 1. The summed E-state index contributed by atoms with van der Waals surface area (Å²) >= 11 is 12.1. The first-order valence-corrected chi connectivity index (χ1v) is 10.4. The Morgan fingerprint density at radius 1 is 1.13 bits per heavy atom. The van der Waals surface area contributed by atoms with Crippen LogP contribution in [-0.4, -0.2) is 53.0 Å². The van der Waals surface area contributed by atoms with E-state index in [1.54, 1.807) is 30.5 Å². The lowest BCUT2D eigenvalue weighted by atomic mass is 10.2. The van der Waals surface area contributed by atoms with Crippen LogP contribution in [-0.2, 0) is 17.8 Å². The van der Waals surface area contributed by atoms with Crippen molar-refractivity contribution in [2.75, 3.05) is 27.2 Å². The summed E-state index contributed by atoms with van der Waals surface area (Å²) in [6.07, 6.45) is 3.04. The number of carbonyl (C=O) groups excluding carboxylic acids is 1. The summed E-state index contributed by atoms with van der Waals surface area (Å²) in [6, 6.07) is 8.93.